The molecule has 0 fully saturated rings. The Bertz CT molecular complexity index is 629. The molecule has 1 rings (SSSR count). The Kier molecular flexibility index (Phi) is 4.82. The molecule has 0 aliphatic carbocycles. The fourth-order valence-electron chi connectivity index (χ4n) is 1.57. The average Bonchev–Trinajstić information content (AvgIpc) is 2.35. The molecule has 0 spiro atoms. The number of hydrogen-bond acceptors (Lipinski definition) is 3. The maximum Gasteiger partial charge on any atom is 0.262 e. The number of rotatable bonds is 4. The van der Waals surface area contributed by atoms with Gasteiger partial charge >= 0.3 is 0 Å². The summed E-state index contributed by atoms with van der Waals surface area (Å²) in [4.78, 5) is 13.4. The van der Waals surface area contributed by atoms with E-state index in [0.717, 1.165) is 18.2 Å². The molecule has 1 amide bonds. The zero-order valence-electron chi connectivity index (χ0n) is 11.8. The third-order valence-corrected chi connectivity index (χ3v) is 4.89. The second-order valence-corrected chi connectivity index (χ2v) is 7.64. The SMILES string of the molecule is CCC(C)(C)N(C)C(=O)c1cc(F)ccc1S(=O)(=O)Cl. The van der Waals surface area contributed by atoms with E-state index in [1.165, 1.54) is 4.90 Å². The molecular weight excluding hydrogens is 305 g/mol. The van der Waals surface area contributed by atoms with Crippen molar-refractivity contribution in [1.29, 1.82) is 0 Å². The van der Waals surface area contributed by atoms with E-state index in [9.17, 15) is 17.6 Å². The smallest absolute Gasteiger partial charge is 0.262 e. The van der Waals surface area contributed by atoms with Gasteiger partial charge in [-0.2, -0.15) is 0 Å². The Balaban J connectivity index is 3.40. The van der Waals surface area contributed by atoms with E-state index in [4.69, 9.17) is 10.7 Å². The standard InChI is InChI=1S/C13H17ClFNO3S/c1-5-13(2,3)16(4)12(17)10-8-9(15)6-7-11(10)20(14,18)19/h6-8H,5H2,1-4H3. The highest BCUT2D eigenvalue weighted by Crippen LogP contribution is 2.25. The summed E-state index contributed by atoms with van der Waals surface area (Å²) < 4.78 is 36.3. The zero-order chi connectivity index (χ0) is 15.7. The molecule has 0 aromatic heterocycles. The Labute approximate surface area is 123 Å². The summed E-state index contributed by atoms with van der Waals surface area (Å²) in [6.07, 6.45) is 0.660. The summed E-state index contributed by atoms with van der Waals surface area (Å²) in [7, 11) is 2.71. The quantitative estimate of drug-likeness (QED) is 0.801. The monoisotopic (exact) mass is 321 g/mol. The number of amides is 1. The molecule has 1 aromatic carbocycles. The van der Waals surface area contributed by atoms with Crippen molar-refractivity contribution in [3.63, 3.8) is 0 Å². The molecular formula is C13H17ClFNO3S. The van der Waals surface area contributed by atoms with Gasteiger partial charge in [0, 0.05) is 23.3 Å². The van der Waals surface area contributed by atoms with Crippen molar-refractivity contribution in [1.82, 2.24) is 4.90 Å². The van der Waals surface area contributed by atoms with Gasteiger partial charge in [-0.3, -0.25) is 4.79 Å². The van der Waals surface area contributed by atoms with Gasteiger partial charge in [-0.25, -0.2) is 12.8 Å². The minimum atomic E-state index is -4.12. The second kappa shape index (κ2) is 5.69. The van der Waals surface area contributed by atoms with E-state index in [0.29, 0.717) is 6.42 Å². The van der Waals surface area contributed by atoms with Crippen LogP contribution in [-0.4, -0.2) is 31.8 Å². The Hall–Kier alpha value is -1.14. The van der Waals surface area contributed by atoms with Crippen molar-refractivity contribution in [2.45, 2.75) is 37.6 Å². The lowest BCUT2D eigenvalue weighted by atomic mass is 9.99. The number of carbonyl (C=O) groups is 1. The van der Waals surface area contributed by atoms with Gasteiger partial charge in [0.15, 0.2) is 0 Å². The van der Waals surface area contributed by atoms with Crippen molar-refractivity contribution in [3.8, 4) is 0 Å². The molecule has 0 atom stereocenters. The minimum absolute atomic E-state index is 0.260. The van der Waals surface area contributed by atoms with Gasteiger partial charge in [0.2, 0.25) is 0 Å². The fraction of sp³-hybridized carbons (Fsp3) is 0.462. The molecule has 0 aliphatic rings. The van der Waals surface area contributed by atoms with E-state index in [-0.39, 0.29) is 10.5 Å². The second-order valence-electron chi connectivity index (χ2n) is 5.11. The zero-order valence-corrected chi connectivity index (χ0v) is 13.3. The molecule has 0 aliphatic heterocycles. The van der Waals surface area contributed by atoms with Crippen LogP contribution < -0.4 is 0 Å². The van der Waals surface area contributed by atoms with Crippen LogP contribution >= 0.6 is 10.7 Å². The first-order chi connectivity index (χ1) is 9.00. The van der Waals surface area contributed by atoms with E-state index in [1.807, 2.05) is 20.8 Å². The molecule has 0 saturated heterocycles. The summed E-state index contributed by atoms with van der Waals surface area (Å²) in [6.45, 7) is 5.56. The first-order valence-electron chi connectivity index (χ1n) is 6.03. The summed E-state index contributed by atoms with van der Waals surface area (Å²) >= 11 is 0. The molecule has 20 heavy (non-hydrogen) atoms. The van der Waals surface area contributed by atoms with E-state index < -0.39 is 26.3 Å². The number of benzene rings is 1. The van der Waals surface area contributed by atoms with Crippen LogP contribution in [0.4, 0.5) is 4.39 Å². The largest absolute Gasteiger partial charge is 0.337 e. The first kappa shape index (κ1) is 16.9. The molecule has 0 heterocycles. The lowest BCUT2D eigenvalue weighted by Crippen LogP contribution is -2.44. The fourth-order valence-corrected chi connectivity index (χ4v) is 2.62. The van der Waals surface area contributed by atoms with Crippen molar-refractivity contribution in [2.75, 3.05) is 7.05 Å². The van der Waals surface area contributed by atoms with Crippen LogP contribution in [0.15, 0.2) is 23.1 Å². The third-order valence-electron chi connectivity index (χ3n) is 3.51. The van der Waals surface area contributed by atoms with E-state index in [2.05, 4.69) is 0 Å². The lowest BCUT2D eigenvalue weighted by Gasteiger charge is -2.35. The summed E-state index contributed by atoms with van der Waals surface area (Å²) in [5.41, 5.74) is -0.750. The van der Waals surface area contributed by atoms with Crippen molar-refractivity contribution in [3.05, 3.63) is 29.6 Å². The van der Waals surface area contributed by atoms with Crippen molar-refractivity contribution >= 4 is 25.6 Å². The number of carbonyl (C=O) groups excluding carboxylic acids is 1. The van der Waals surface area contributed by atoms with Crippen LogP contribution in [0.1, 0.15) is 37.6 Å². The Morgan fingerprint density at radius 2 is 1.95 bits per heavy atom. The highest BCUT2D eigenvalue weighted by atomic mass is 35.7. The highest BCUT2D eigenvalue weighted by molar-refractivity contribution is 8.13. The van der Waals surface area contributed by atoms with Gasteiger partial charge in [-0.15, -0.1) is 0 Å². The Morgan fingerprint density at radius 3 is 2.40 bits per heavy atom. The third kappa shape index (κ3) is 3.49. The maximum atomic E-state index is 13.3. The van der Waals surface area contributed by atoms with Crippen LogP contribution in [0.25, 0.3) is 0 Å². The molecule has 4 nitrogen and oxygen atoms in total. The molecule has 0 saturated carbocycles. The van der Waals surface area contributed by atoms with E-state index in [1.54, 1.807) is 7.05 Å². The molecule has 0 bridgehead atoms. The van der Waals surface area contributed by atoms with Gasteiger partial charge in [0.1, 0.15) is 5.82 Å². The first-order valence-corrected chi connectivity index (χ1v) is 8.34. The number of nitrogens with zero attached hydrogens (tertiary/aromatic N) is 1. The van der Waals surface area contributed by atoms with E-state index >= 15 is 0 Å². The van der Waals surface area contributed by atoms with Crippen LogP contribution in [0.3, 0.4) is 0 Å². The summed E-state index contributed by atoms with van der Waals surface area (Å²) in [6, 6.07) is 2.84. The maximum absolute atomic E-state index is 13.3. The van der Waals surface area contributed by atoms with Crippen LogP contribution in [0.2, 0.25) is 0 Å². The lowest BCUT2D eigenvalue weighted by molar-refractivity contribution is 0.0615. The van der Waals surface area contributed by atoms with Gasteiger partial charge in [-0.1, -0.05) is 6.92 Å². The predicted octanol–water partition coefficient (Wildman–Crippen LogP) is 3.01. The summed E-state index contributed by atoms with van der Waals surface area (Å²) in [5.74, 6) is -1.28. The van der Waals surface area contributed by atoms with Gasteiger partial charge in [0.25, 0.3) is 15.0 Å². The van der Waals surface area contributed by atoms with Crippen LogP contribution in [0.5, 0.6) is 0 Å². The molecule has 1 aromatic rings. The Morgan fingerprint density at radius 1 is 1.40 bits per heavy atom. The summed E-state index contributed by atoms with van der Waals surface area (Å²) in [5, 5.41) is 0. The number of halogens is 2. The van der Waals surface area contributed by atoms with Crippen LogP contribution in [0, 0.1) is 5.82 Å². The molecule has 7 heteroatoms. The van der Waals surface area contributed by atoms with Crippen LogP contribution in [-0.2, 0) is 9.05 Å². The topological polar surface area (TPSA) is 54.5 Å². The van der Waals surface area contributed by atoms with Crippen molar-refractivity contribution in [2.24, 2.45) is 0 Å². The molecule has 0 unspecified atom stereocenters. The van der Waals surface area contributed by atoms with Gasteiger partial charge < -0.3 is 4.90 Å². The normalized spacial score (nSPS) is 12.3. The molecule has 0 radical (unpaired) electrons. The van der Waals surface area contributed by atoms with Gasteiger partial charge in [0.05, 0.1) is 10.5 Å². The molecule has 112 valence electrons. The number of hydrogen-bond donors (Lipinski definition) is 0. The van der Waals surface area contributed by atoms with Crippen molar-refractivity contribution < 1.29 is 17.6 Å². The molecule has 0 N–H and O–H groups in total. The highest BCUT2D eigenvalue weighted by Gasteiger charge is 2.30. The minimum Gasteiger partial charge on any atom is -0.337 e. The van der Waals surface area contributed by atoms with Gasteiger partial charge in [-0.05, 0) is 38.5 Å². The average molecular weight is 322 g/mol. The predicted molar refractivity (Wildman–Crippen MR) is 75.9 cm³/mol.